The van der Waals surface area contributed by atoms with E-state index in [1.54, 1.807) is 0 Å². The monoisotopic (exact) mass is 178 g/mol. The van der Waals surface area contributed by atoms with Crippen molar-refractivity contribution >= 4 is 7.12 Å². The van der Waals surface area contributed by atoms with E-state index in [2.05, 4.69) is 0 Å². The Hall–Kier alpha value is -0.795. The molecule has 70 valence electrons. The second-order valence-corrected chi connectivity index (χ2v) is 3.91. The zero-order valence-electron chi connectivity index (χ0n) is 8.28. The van der Waals surface area contributed by atoms with E-state index in [1.807, 2.05) is 45.0 Å². The Morgan fingerprint density at radius 2 is 1.69 bits per heavy atom. The third-order valence-corrected chi connectivity index (χ3v) is 2.48. The lowest BCUT2D eigenvalue weighted by molar-refractivity contribution is 0.359. The summed E-state index contributed by atoms with van der Waals surface area (Å²) in [6.07, 6.45) is 0. The molecule has 0 fully saturated rings. The topological polar surface area (TPSA) is 40.5 Å². The molecule has 2 N–H and O–H groups in total. The maximum absolute atomic E-state index is 9.21. The average molecular weight is 178 g/mol. The van der Waals surface area contributed by atoms with Crippen molar-refractivity contribution in [3.05, 3.63) is 35.4 Å². The van der Waals surface area contributed by atoms with E-state index < -0.39 is 12.4 Å². The highest BCUT2D eigenvalue weighted by molar-refractivity contribution is 6.45. The van der Waals surface area contributed by atoms with Gasteiger partial charge in [0, 0.05) is 5.31 Å². The quantitative estimate of drug-likeness (QED) is 0.669. The Bertz CT molecular complexity index is 295. The molecule has 0 spiro atoms. The number of aryl methyl sites for hydroxylation is 1. The van der Waals surface area contributed by atoms with Gasteiger partial charge in [-0.2, -0.15) is 0 Å². The van der Waals surface area contributed by atoms with Gasteiger partial charge in [-0.1, -0.05) is 38.1 Å². The highest BCUT2D eigenvalue weighted by Crippen LogP contribution is 2.26. The number of hydrogen-bond acceptors (Lipinski definition) is 2. The van der Waals surface area contributed by atoms with E-state index in [0.29, 0.717) is 0 Å². The van der Waals surface area contributed by atoms with Crippen LogP contribution >= 0.6 is 0 Å². The molecule has 0 saturated carbocycles. The summed E-state index contributed by atoms with van der Waals surface area (Å²) in [5.41, 5.74) is 2.06. The van der Waals surface area contributed by atoms with E-state index in [-0.39, 0.29) is 0 Å². The first-order chi connectivity index (χ1) is 5.96. The number of hydrogen-bond donors (Lipinski definition) is 2. The van der Waals surface area contributed by atoms with Crippen molar-refractivity contribution in [3.63, 3.8) is 0 Å². The molecule has 0 bridgehead atoms. The van der Waals surface area contributed by atoms with Crippen LogP contribution < -0.4 is 0 Å². The first-order valence-corrected chi connectivity index (χ1v) is 4.38. The van der Waals surface area contributed by atoms with Crippen LogP contribution in [0.3, 0.4) is 0 Å². The van der Waals surface area contributed by atoms with Crippen LogP contribution in [-0.2, 0) is 5.31 Å². The van der Waals surface area contributed by atoms with E-state index in [4.69, 9.17) is 0 Å². The first-order valence-electron chi connectivity index (χ1n) is 4.38. The lowest BCUT2D eigenvalue weighted by Crippen LogP contribution is -2.38. The lowest BCUT2D eigenvalue weighted by atomic mass is 9.56. The largest absolute Gasteiger partial charge is 0.462 e. The van der Waals surface area contributed by atoms with Gasteiger partial charge >= 0.3 is 7.12 Å². The second kappa shape index (κ2) is 3.52. The van der Waals surface area contributed by atoms with Gasteiger partial charge in [-0.25, -0.2) is 0 Å². The minimum atomic E-state index is -1.33. The van der Waals surface area contributed by atoms with Crippen LogP contribution in [0.5, 0.6) is 0 Å². The van der Waals surface area contributed by atoms with Gasteiger partial charge in [-0.15, -0.1) is 0 Å². The van der Waals surface area contributed by atoms with Crippen LogP contribution in [0.2, 0.25) is 0 Å². The summed E-state index contributed by atoms with van der Waals surface area (Å²) in [5.74, 6) is 0. The molecule has 0 radical (unpaired) electrons. The van der Waals surface area contributed by atoms with Gasteiger partial charge in [0.05, 0.1) is 0 Å². The zero-order valence-corrected chi connectivity index (χ0v) is 8.28. The molecule has 0 unspecified atom stereocenters. The molecule has 0 heterocycles. The fourth-order valence-corrected chi connectivity index (χ4v) is 1.43. The van der Waals surface area contributed by atoms with Crippen LogP contribution in [0.25, 0.3) is 0 Å². The zero-order chi connectivity index (χ0) is 10.1. The standard InChI is InChI=1S/C10H15BO2/c1-8-6-4-5-7-9(8)10(2,3)11(12)13/h4-7,12-13H,1-3H3. The molecule has 0 aliphatic carbocycles. The molecule has 13 heavy (non-hydrogen) atoms. The summed E-state index contributed by atoms with van der Waals surface area (Å²) >= 11 is 0. The molecular weight excluding hydrogens is 163 g/mol. The molecule has 0 aliphatic rings. The molecular formula is C10H15BO2. The summed E-state index contributed by atoms with van der Waals surface area (Å²) in [6.45, 7) is 5.61. The van der Waals surface area contributed by atoms with Crippen molar-refractivity contribution < 1.29 is 10.0 Å². The van der Waals surface area contributed by atoms with Crippen LogP contribution in [0, 0.1) is 6.92 Å². The van der Waals surface area contributed by atoms with E-state index in [0.717, 1.165) is 11.1 Å². The molecule has 1 aromatic rings. The molecule has 0 saturated heterocycles. The molecule has 0 atom stereocenters. The van der Waals surface area contributed by atoms with E-state index >= 15 is 0 Å². The molecule has 0 amide bonds. The Labute approximate surface area is 79.4 Å². The molecule has 0 aliphatic heterocycles. The van der Waals surface area contributed by atoms with Gasteiger partial charge in [-0.3, -0.25) is 0 Å². The smallest absolute Gasteiger partial charge is 0.426 e. The normalized spacial score (nSPS) is 11.5. The van der Waals surface area contributed by atoms with Crippen molar-refractivity contribution in [1.82, 2.24) is 0 Å². The summed E-state index contributed by atoms with van der Waals surface area (Å²) in [5, 5.41) is 17.8. The molecule has 3 heteroatoms. The molecule has 1 rings (SSSR count). The Morgan fingerprint density at radius 3 is 2.15 bits per heavy atom. The molecule has 1 aromatic carbocycles. The van der Waals surface area contributed by atoms with Crippen molar-refractivity contribution in [2.45, 2.75) is 26.1 Å². The SMILES string of the molecule is Cc1ccccc1C(C)(C)B(O)O. The van der Waals surface area contributed by atoms with E-state index in [1.165, 1.54) is 0 Å². The van der Waals surface area contributed by atoms with Gasteiger partial charge < -0.3 is 10.0 Å². The minimum absolute atomic E-state index is 0.606. The van der Waals surface area contributed by atoms with Crippen LogP contribution in [-0.4, -0.2) is 17.2 Å². The van der Waals surface area contributed by atoms with Gasteiger partial charge in [0.1, 0.15) is 0 Å². The fourth-order valence-electron chi connectivity index (χ4n) is 1.43. The third-order valence-electron chi connectivity index (χ3n) is 2.48. The van der Waals surface area contributed by atoms with Gasteiger partial charge in [0.2, 0.25) is 0 Å². The summed E-state index contributed by atoms with van der Waals surface area (Å²) in [4.78, 5) is 0. The first kappa shape index (κ1) is 10.3. The van der Waals surface area contributed by atoms with Crippen molar-refractivity contribution in [2.24, 2.45) is 0 Å². The van der Waals surface area contributed by atoms with Crippen LogP contribution in [0.1, 0.15) is 25.0 Å². The lowest BCUT2D eigenvalue weighted by Gasteiger charge is -2.25. The van der Waals surface area contributed by atoms with Crippen molar-refractivity contribution in [3.8, 4) is 0 Å². The fraction of sp³-hybridized carbons (Fsp3) is 0.400. The van der Waals surface area contributed by atoms with Crippen LogP contribution in [0.4, 0.5) is 0 Å². The number of rotatable bonds is 2. The molecule has 2 nitrogen and oxygen atoms in total. The predicted octanol–water partition coefficient (Wildman–Crippen LogP) is 1.28. The minimum Gasteiger partial charge on any atom is -0.426 e. The van der Waals surface area contributed by atoms with Crippen molar-refractivity contribution in [1.29, 1.82) is 0 Å². The van der Waals surface area contributed by atoms with Crippen molar-refractivity contribution in [2.75, 3.05) is 0 Å². The number of benzene rings is 1. The highest BCUT2D eigenvalue weighted by Gasteiger charge is 2.34. The maximum Gasteiger partial charge on any atom is 0.462 e. The Morgan fingerprint density at radius 1 is 1.15 bits per heavy atom. The highest BCUT2D eigenvalue weighted by atomic mass is 16.4. The predicted molar refractivity (Wildman–Crippen MR) is 54.4 cm³/mol. The van der Waals surface area contributed by atoms with Gasteiger partial charge in [0.25, 0.3) is 0 Å². The maximum atomic E-state index is 9.21. The average Bonchev–Trinajstić information content (AvgIpc) is 2.04. The third kappa shape index (κ3) is 1.93. The summed E-state index contributed by atoms with van der Waals surface area (Å²) < 4.78 is 0. The molecule has 0 aromatic heterocycles. The van der Waals surface area contributed by atoms with Crippen LogP contribution in [0.15, 0.2) is 24.3 Å². The Kier molecular flexibility index (Phi) is 2.79. The van der Waals surface area contributed by atoms with E-state index in [9.17, 15) is 10.0 Å². The van der Waals surface area contributed by atoms with Gasteiger partial charge in [-0.05, 0) is 18.1 Å². The summed E-state index contributed by atoms with van der Waals surface area (Å²) in [6, 6.07) is 7.75. The second-order valence-electron chi connectivity index (χ2n) is 3.91. The summed E-state index contributed by atoms with van der Waals surface area (Å²) in [7, 11) is -1.33. The van der Waals surface area contributed by atoms with Gasteiger partial charge in [0.15, 0.2) is 0 Å². The Balaban J connectivity index is 3.14.